The number of halogens is 1. The van der Waals surface area contributed by atoms with Crippen molar-refractivity contribution in [3.63, 3.8) is 0 Å². The number of benzene rings is 3. The maximum absolute atomic E-state index is 13.2. The number of hydrogen-bond donors (Lipinski definition) is 1. The van der Waals surface area contributed by atoms with Crippen LogP contribution in [0, 0.1) is 5.82 Å². The van der Waals surface area contributed by atoms with E-state index in [1.807, 2.05) is 48.5 Å². The zero-order valence-electron chi connectivity index (χ0n) is 16.3. The Morgan fingerprint density at radius 3 is 2.21 bits per heavy atom. The Balaban J connectivity index is 1.57. The first kappa shape index (κ1) is 19.0. The second-order valence-electron chi connectivity index (χ2n) is 7.03. The highest BCUT2D eigenvalue weighted by Crippen LogP contribution is 2.21. The fourth-order valence-corrected chi connectivity index (χ4v) is 3.25. The molecule has 4 rings (SSSR count). The van der Waals surface area contributed by atoms with Gasteiger partial charge >= 0.3 is 0 Å². The number of rotatable bonds is 7. The van der Waals surface area contributed by atoms with Crippen molar-refractivity contribution in [1.82, 2.24) is 20.3 Å². The zero-order chi connectivity index (χ0) is 20.1. The van der Waals surface area contributed by atoms with E-state index in [4.69, 9.17) is 10.2 Å². The highest BCUT2D eigenvalue weighted by Gasteiger charge is 2.15. The zero-order valence-corrected chi connectivity index (χ0v) is 16.3. The average Bonchev–Trinajstić information content (AvgIpc) is 3.17. The van der Waals surface area contributed by atoms with Crippen molar-refractivity contribution in [3.05, 3.63) is 108 Å². The van der Waals surface area contributed by atoms with E-state index in [1.54, 1.807) is 16.9 Å². The Morgan fingerprint density at radius 1 is 0.862 bits per heavy atom. The molecule has 1 N–H and O–H groups in total. The highest BCUT2D eigenvalue weighted by atomic mass is 19.1. The van der Waals surface area contributed by atoms with Gasteiger partial charge in [0.25, 0.3) is 0 Å². The van der Waals surface area contributed by atoms with Crippen molar-refractivity contribution in [2.75, 3.05) is 0 Å². The molecule has 0 aliphatic rings. The van der Waals surface area contributed by atoms with Gasteiger partial charge in [0.05, 0.1) is 6.54 Å². The van der Waals surface area contributed by atoms with E-state index in [-0.39, 0.29) is 11.9 Å². The van der Waals surface area contributed by atoms with Gasteiger partial charge in [0, 0.05) is 18.2 Å². The summed E-state index contributed by atoms with van der Waals surface area (Å²) >= 11 is 0. The van der Waals surface area contributed by atoms with Crippen LogP contribution in [-0.2, 0) is 13.1 Å². The number of hydrogen-bond acceptors (Lipinski definition) is 3. The Morgan fingerprint density at radius 2 is 1.52 bits per heavy atom. The fraction of sp³-hybridized carbons (Fsp3) is 0.167. The van der Waals surface area contributed by atoms with Gasteiger partial charge in [-0.15, -0.1) is 0 Å². The highest BCUT2D eigenvalue weighted by molar-refractivity contribution is 5.60. The van der Waals surface area contributed by atoms with Crippen molar-refractivity contribution in [3.8, 4) is 11.3 Å². The topological polar surface area (TPSA) is 42.7 Å². The van der Waals surface area contributed by atoms with Gasteiger partial charge in [-0.2, -0.15) is 15.0 Å². The van der Waals surface area contributed by atoms with Gasteiger partial charge in [0.2, 0.25) is 0 Å². The van der Waals surface area contributed by atoms with Gasteiger partial charge in [-0.05, 0) is 30.2 Å². The van der Waals surface area contributed by atoms with Crippen LogP contribution in [0.2, 0.25) is 0 Å². The molecule has 146 valence electrons. The molecule has 4 aromatic rings. The van der Waals surface area contributed by atoms with E-state index in [2.05, 4.69) is 24.4 Å². The molecule has 1 aromatic heterocycles. The van der Waals surface area contributed by atoms with Crippen molar-refractivity contribution in [2.45, 2.75) is 26.1 Å². The average molecular weight is 386 g/mol. The third kappa shape index (κ3) is 4.76. The molecule has 0 amide bonds. The molecule has 0 saturated carbocycles. The summed E-state index contributed by atoms with van der Waals surface area (Å²) in [4.78, 5) is 1.68. The first-order chi connectivity index (χ1) is 14.2. The number of nitrogens with one attached hydrogen (secondary N) is 1. The Bertz CT molecular complexity index is 1040. The predicted octanol–water partition coefficient (Wildman–Crippen LogP) is 4.98. The second kappa shape index (κ2) is 8.80. The monoisotopic (exact) mass is 386 g/mol. The van der Waals surface area contributed by atoms with E-state index < -0.39 is 0 Å². The van der Waals surface area contributed by atoms with Gasteiger partial charge in [0.15, 0.2) is 0 Å². The summed E-state index contributed by atoms with van der Waals surface area (Å²) < 4.78 is 13.2. The van der Waals surface area contributed by atoms with Crippen LogP contribution in [0.15, 0.2) is 84.9 Å². The summed E-state index contributed by atoms with van der Waals surface area (Å²) in [7, 11) is 0. The lowest BCUT2D eigenvalue weighted by molar-refractivity contribution is 0.546. The summed E-state index contributed by atoms with van der Waals surface area (Å²) in [6.07, 6.45) is 0. The Labute approximate surface area is 170 Å². The minimum atomic E-state index is -0.244. The maximum atomic E-state index is 13.2. The van der Waals surface area contributed by atoms with Crippen LogP contribution in [0.3, 0.4) is 0 Å². The van der Waals surface area contributed by atoms with Crippen LogP contribution in [0.1, 0.15) is 29.8 Å². The molecule has 0 fully saturated rings. The van der Waals surface area contributed by atoms with E-state index in [1.165, 1.54) is 17.7 Å². The van der Waals surface area contributed by atoms with Crippen LogP contribution in [0.5, 0.6) is 0 Å². The van der Waals surface area contributed by atoms with Crippen LogP contribution >= 0.6 is 0 Å². The first-order valence-corrected chi connectivity index (χ1v) is 9.71. The maximum Gasteiger partial charge on any atom is 0.123 e. The van der Waals surface area contributed by atoms with Crippen molar-refractivity contribution >= 4 is 0 Å². The molecule has 0 aliphatic carbocycles. The largest absolute Gasteiger partial charge is 0.304 e. The normalized spacial score (nSPS) is 12.1. The molecular weight excluding hydrogens is 363 g/mol. The molecule has 5 heteroatoms. The third-order valence-corrected chi connectivity index (χ3v) is 4.88. The van der Waals surface area contributed by atoms with E-state index in [9.17, 15) is 4.39 Å². The summed E-state index contributed by atoms with van der Waals surface area (Å²) in [6, 6.07) is 27.0. The Kier molecular flexibility index (Phi) is 5.77. The summed E-state index contributed by atoms with van der Waals surface area (Å²) in [5.41, 5.74) is 4.97. The Hall–Kier alpha value is -3.31. The molecule has 1 atom stereocenters. The van der Waals surface area contributed by atoms with Crippen molar-refractivity contribution < 1.29 is 4.39 Å². The smallest absolute Gasteiger partial charge is 0.123 e. The minimum absolute atomic E-state index is 0.196. The van der Waals surface area contributed by atoms with Gasteiger partial charge in [0.1, 0.15) is 17.2 Å². The summed E-state index contributed by atoms with van der Waals surface area (Å²) in [5.74, 6) is -0.244. The molecule has 0 spiro atoms. The third-order valence-electron chi connectivity index (χ3n) is 4.88. The molecule has 29 heavy (non-hydrogen) atoms. The summed E-state index contributed by atoms with van der Waals surface area (Å²) in [5, 5.41) is 13.0. The van der Waals surface area contributed by atoms with Crippen molar-refractivity contribution in [1.29, 1.82) is 0 Å². The standard InChI is InChI=1S/C24H23FN4/c1-18(20-8-4-2-5-9-20)26-16-23-24(21-10-6-3-7-11-21)28-29(27-23)17-19-12-14-22(25)15-13-19/h2-15,18,26H,16-17H2,1H3/t18-/m1/s1. The van der Waals surface area contributed by atoms with Gasteiger partial charge in [-0.1, -0.05) is 72.8 Å². The van der Waals surface area contributed by atoms with E-state index >= 15 is 0 Å². The number of aromatic nitrogens is 3. The molecular formula is C24H23FN4. The SMILES string of the molecule is C[C@@H](NCc1nn(Cc2ccc(F)cc2)nc1-c1ccccc1)c1ccccc1. The molecule has 1 heterocycles. The quantitative estimate of drug-likeness (QED) is 0.487. The summed E-state index contributed by atoms with van der Waals surface area (Å²) in [6.45, 7) is 3.23. The fourth-order valence-electron chi connectivity index (χ4n) is 3.25. The predicted molar refractivity (Wildman–Crippen MR) is 113 cm³/mol. The van der Waals surface area contributed by atoms with Crippen LogP contribution in [0.25, 0.3) is 11.3 Å². The van der Waals surface area contributed by atoms with Gasteiger partial charge in [-0.3, -0.25) is 0 Å². The molecule has 0 saturated heterocycles. The van der Waals surface area contributed by atoms with E-state index in [0.29, 0.717) is 13.1 Å². The van der Waals surface area contributed by atoms with Crippen LogP contribution in [0.4, 0.5) is 4.39 Å². The molecule has 4 nitrogen and oxygen atoms in total. The lowest BCUT2D eigenvalue weighted by Crippen LogP contribution is -2.19. The molecule has 0 aliphatic heterocycles. The minimum Gasteiger partial charge on any atom is -0.304 e. The van der Waals surface area contributed by atoms with Crippen LogP contribution in [-0.4, -0.2) is 15.0 Å². The second-order valence-corrected chi connectivity index (χ2v) is 7.03. The molecule has 0 unspecified atom stereocenters. The molecule has 3 aromatic carbocycles. The first-order valence-electron chi connectivity index (χ1n) is 9.71. The number of nitrogens with zero attached hydrogens (tertiary/aromatic N) is 3. The van der Waals surface area contributed by atoms with E-state index in [0.717, 1.165) is 22.5 Å². The lowest BCUT2D eigenvalue weighted by atomic mass is 10.1. The van der Waals surface area contributed by atoms with Crippen molar-refractivity contribution in [2.24, 2.45) is 0 Å². The van der Waals surface area contributed by atoms with Crippen LogP contribution < -0.4 is 5.32 Å². The van der Waals surface area contributed by atoms with Gasteiger partial charge < -0.3 is 5.32 Å². The molecule has 0 radical (unpaired) electrons. The van der Waals surface area contributed by atoms with Gasteiger partial charge in [-0.25, -0.2) is 4.39 Å². The lowest BCUT2D eigenvalue weighted by Gasteiger charge is -2.13. The molecule has 0 bridgehead atoms.